The second-order valence-electron chi connectivity index (χ2n) is 5.27. The van der Waals surface area contributed by atoms with Crippen molar-refractivity contribution in [2.75, 3.05) is 17.8 Å². The normalized spacial score (nSPS) is 12.0. The smallest absolute Gasteiger partial charge is 0.172 e. The molecule has 0 aliphatic carbocycles. The average Bonchev–Trinajstić information content (AvgIpc) is 2.85. The molecule has 0 saturated heterocycles. The molecule has 0 aliphatic heterocycles. The Kier molecular flexibility index (Phi) is 5.11. The van der Waals surface area contributed by atoms with Crippen LogP contribution in [-0.4, -0.2) is 35.7 Å². The Labute approximate surface area is 130 Å². The highest BCUT2D eigenvalue weighted by Gasteiger charge is 2.12. The molecule has 0 atom stereocenters. The lowest BCUT2D eigenvalue weighted by atomic mass is 10.0. The van der Waals surface area contributed by atoms with Gasteiger partial charge in [0.1, 0.15) is 9.84 Å². The van der Waals surface area contributed by atoms with E-state index >= 15 is 0 Å². The van der Waals surface area contributed by atoms with Crippen molar-refractivity contribution in [2.24, 2.45) is 0 Å². The Morgan fingerprint density at radius 2 is 2.00 bits per heavy atom. The molecule has 6 heteroatoms. The molecule has 0 spiro atoms. The number of hydrogen-bond donors (Lipinski definition) is 0. The van der Waals surface area contributed by atoms with Gasteiger partial charge in [0, 0.05) is 24.4 Å². The molecule has 114 valence electrons. The molecule has 21 heavy (non-hydrogen) atoms. The number of hydrogen-bond acceptors (Lipinski definition) is 4. The third kappa shape index (κ3) is 4.35. The van der Waals surface area contributed by atoms with E-state index in [4.69, 9.17) is 0 Å². The molecular formula is C15H20N2O2S2. The summed E-state index contributed by atoms with van der Waals surface area (Å²) in [6, 6.07) is 8.22. The number of nitrogens with zero attached hydrogens (tertiary/aromatic N) is 2. The predicted molar refractivity (Wildman–Crippen MR) is 88.1 cm³/mol. The minimum absolute atomic E-state index is 0.163. The van der Waals surface area contributed by atoms with Crippen LogP contribution in [0.1, 0.15) is 25.3 Å². The lowest BCUT2D eigenvalue weighted by molar-refractivity contribution is 0.603. The zero-order valence-corrected chi connectivity index (χ0v) is 14.1. The van der Waals surface area contributed by atoms with Crippen LogP contribution >= 0.6 is 11.8 Å². The maximum Gasteiger partial charge on any atom is 0.172 e. The number of para-hydroxylation sites is 1. The van der Waals surface area contributed by atoms with E-state index in [9.17, 15) is 8.42 Å². The summed E-state index contributed by atoms with van der Waals surface area (Å²) in [5.41, 5.74) is 2.35. The molecule has 0 radical (unpaired) electrons. The summed E-state index contributed by atoms with van der Waals surface area (Å²) in [6.45, 7) is 4.32. The lowest BCUT2D eigenvalue weighted by Gasteiger charge is -2.15. The number of imidazole rings is 1. The third-order valence-corrected chi connectivity index (χ3v) is 5.28. The first-order valence-corrected chi connectivity index (χ1v) is 9.86. The van der Waals surface area contributed by atoms with Gasteiger partial charge < -0.3 is 0 Å². The second kappa shape index (κ2) is 6.66. The van der Waals surface area contributed by atoms with Gasteiger partial charge in [-0.1, -0.05) is 43.8 Å². The van der Waals surface area contributed by atoms with Gasteiger partial charge in [-0.25, -0.2) is 13.4 Å². The van der Waals surface area contributed by atoms with Crippen LogP contribution in [0, 0.1) is 0 Å². The molecule has 1 heterocycles. The molecule has 4 nitrogen and oxygen atoms in total. The van der Waals surface area contributed by atoms with E-state index in [1.165, 1.54) is 23.6 Å². The van der Waals surface area contributed by atoms with E-state index in [0.717, 1.165) is 10.8 Å². The summed E-state index contributed by atoms with van der Waals surface area (Å²) in [4.78, 5) is 4.34. The fourth-order valence-electron chi connectivity index (χ4n) is 2.06. The van der Waals surface area contributed by atoms with Gasteiger partial charge in [0.15, 0.2) is 5.16 Å². The molecular weight excluding hydrogens is 304 g/mol. The summed E-state index contributed by atoms with van der Waals surface area (Å²) >= 11 is 1.47. The first-order chi connectivity index (χ1) is 9.88. The zero-order valence-electron chi connectivity index (χ0n) is 12.5. The highest BCUT2D eigenvalue weighted by molar-refractivity contribution is 8.00. The molecule has 0 amide bonds. The molecule has 0 aliphatic rings. The van der Waals surface area contributed by atoms with Crippen molar-refractivity contribution in [1.29, 1.82) is 0 Å². The van der Waals surface area contributed by atoms with E-state index in [-0.39, 0.29) is 5.75 Å². The predicted octanol–water partition coefficient (Wildman–Crippen LogP) is 3.13. The molecule has 1 aromatic heterocycles. The molecule has 1 aromatic carbocycles. The Bertz CT molecular complexity index is 706. The van der Waals surface area contributed by atoms with E-state index in [2.05, 4.69) is 31.0 Å². The first kappa shape index (κ1) is 16.1. The van der Waals surface area contributed by atoms with Gasteiger partial charge in [0.05, 0.1) is 11.4 Å². The van der Waals surface area contributed by atoms with E-state index in [1.807, 2.05) is 22.9 Å². The maximum absolute atomic E-state index is 11.2. The van der Waals surface area contributed by atoms with Crippen molar-refractivity contribution >= 4 is 21.6 Å². The monoisotopic (exact) mass is 324 g/mol. The minimum Gasteiger partial charge on any atom is -0.295 e. The molecule has 0 saturated carbocycles. The summed E-state index contributed by atoms with van der Waals surface area (Å²) in [5.74, 6) is 1.09. The summed E-state index contributed by atoms with van der Waals surface area (Å²) in [6.07, 6.45) is 4.93. The van der Waals surface area contributed by atoms with Gasteiger partial charge in [0.2, 0.25) is 0 Å². The number of sulfone groups is 1. The number of benzene rings is 1. The van der Waals surface area contributed by atoms with Gasteiger partial charge in [0.25, 0.3) is 0 Å². The van der Waals surface area contributed by atoms with Crippen molar-refractivity contribution < 1.29 is 8.42 Å². The Hall–Kier alpha value is -1.27. The van der Waals surface area contributed by atoms with Crippen molar-refractivity contribution in [3.63, 3.8) is 0 Å². The molecule has 0 bridgehead atoms. The Morgan fingerprint density at radius 3 is 2.67 bits per heavy atom. The SMILES string of the molecule is CC(C)c1ccccc1-n1ccnc1SCCS(C)(=O)=O. The number of aromatic nitrogens is 2. The fraction of sp³-hybridized carbons (Fsp3) is 0.400. The van der Waals surface area contributed by atoms with Gasteiger partial charge in [-0.2, -0.15) is 0 Å². The van der Waals surface area contributed by atoms with Crippen molar-refractivity contribution in [3.05, 3.63) is 42.2 Å². The van der Waals surface area contributed by atoms with Crippen LogP contribution in [0.2, 0.25) is 0 Å². The van der Waals surface area contributed by atoms with Gasteiger partial charge in [-0.15, -0.1) is 0 Å². The maximum atomic E-state index is 11.2. The Balaban J connectivity index is 2.25. The topological polar surface area (TPSA) is 52.0 Å². The van der Waals surface area contributed by atoms with Crippen LogP contribution in [-0.2, 0) is 9.84 Å². The molecule has 2 aromatic rings. The zero-order chi connectivity index (χ0) is 15.5. The van der Waals surface area contributed by atoms with Gasteiger partial charge in [-0.05, 0) is 17.5 Å². The summed E-state index contributed by atoms with van der Waals surface area (Å²) in [7, 11) is -2.93. The van der Waals surface area contributed by atoms with E-state index in [0.29, 0.717) is 11.7 Å². The number of thioether (sulfide) groups is 1. The van der Waals surface area contributed by atoms with Crippen LogP contribution in [0.15, 0.2) is 41.8 Å². The van der Waals surface area contributed by atoms with Crippen molar-refractivity contribution in [3.8, 4) is 5.69 Å². The van der Waals surface area contributed by atoms with Crippen LogP contribution in [0.5, 0.6) is 0 Å². The van der Waals surface area contributed by atoms with Crippen molar-refractivity contribution in [1.82, 2.24) is 9.55 Å². The Morgan fingerprint density at radius 1 is 1.29 bits per heavy atom. The summed E-state index contributed by atoms with van der Waals surface area (Å²) < 4.78 is 24.5. The van der Waals surface area contributed by atoms with Crippen LogP contribution in [0.25, 0.3) is 5.69 Å². The highest BCUT2D eigenvalue weighted by Crippen LogP contribution is 2.27. The molecule has 0 fully saturated rings. The van der Waals surface area contributed by atoms with Crippen LogP contribution in [0.3, 0.4) is 0 Å². The molecule has 2 rings (SSSR count). The fourth-order valence-corrected chi connectivity index (χ4v) is 4.22. The van der Waals surface area contributed by atoms with Crippen LogP contribution in [0.4, 0.5) is 0 Å². The molecule has 0 N–H and O–H groups in total. The average molecular weight is 324 g/mol. The minimum atomic E-state index is -2.93. The van der Waals surface area contributed by atoms with Gasteiger partial charge >= 0.3 is 0 Å². The third-order valence-electron chi connectivity index (χ3n) is 3.11. The van der Waals surface area contributed by atoms with E-state index in [1.54, 1.807) is 6.20 Å². The number of rotatable bonds is 6. The second-order valence-corrected chi connectivity index (χ2v) is 8.59. The van der Waals surface area contributed by atoms with Crippen molar-refractivity contribution in [2.45, 2.75) is 24.9 Å². The largest absolute Gasteiger partial charge is 0.295 e. The summed E-state index contributed by atoms with van der Waals surface area (Å²) in [5, 5.41) is 0.826. The highest BCUT2D eigenvalue weighted by atomic mass is 32.2. The standard InChI is InChI=1S/C15H20N2O2S2/c1-12(2)13-6-4-5-7-14(13)17-9-8-16-15(17)20-10-11-21(3,18)19/h4-9,12H,10-11H2,1-3H3. The lowest BCUT2D eigenvalue weighted by Crippen LogP contribution is -2.06. The van der Waals surface area contributed by atoms with E-state index < -0.39 is 9.84 Å². The van der Waals surface area contributed by atoms with Crippen LogP contribution < -0.4 is 0 Å². The van der Waals surface area contributed by atoms with Gasteiger partial charge in [-0.3, -0.25) is 4.57 Å². The quantitative estimate of drug-likeness (QED) is 0.766. The molecule has 0 unspecified atom stereocenters. The first-order valence-electron chi connectivity index (χ1n) is 6.81.